The molecule has 1 fully saturated rings. The molecule has 0 aromatic heterocycles. The van der Waals surface area contributed by atoms with Gasteiger partial charge in [0.05, 0.1) is 24.2 Å². The van der Waals surface area contributed by atoms with Gasteiger partial charge in [0.1, 0.15) is 0 Å². The monoisotopic (exact) mass is 388 g/mol. The maximum atomic E-state index is 12.6. The second-order valence-corrected chi connectivity index (χ2v) is 8.32. The van der Waals surface area contributed by atoms with Crippen molar-refractivity contribution in [2.24, 2.45) is 0 Å². The van der Waals surface area contributed by atoms with Crippen molar-refractivity contribution in [3.63, 3.8) is 0 Å². The van der Waals surface area contributed by atoms with Gasteiger partial charge in [-0.25, -0.2) is 8.42 Å². The number of amides is 1. The number of nitrogens with one attached hydrogen (secondary N) is 1. The van der Waals surface area contributed by atoms with Gasteiger partial charge in [-0.05, 0) is 36.2 Å². The fourth-order valence-electron chi connectivity index (χ4n) is 3.06. The topological polar surface area (TPSA) is 75.7 Å². The van der Waals surface area contributed by atoms with Crippen molar-refractivity contribution in [2.45, 2.75) is 24.3 Å². The number of hydrogen-bond acceptors (Lipinski definition) is 4. The molecule has 6 nitrogen and oxygen atoms in total. The average Bonchev–Trinajstić information content (AvgIpc) is 2.73. The van der Waals surface area contributed by atoms with E-state index in [0.29, 0.717) is 31.9 Å². The molecule has 2 aromatic rings. The molecule has 144 valence electrons. The van der Waals surface area contributed by atoms with Crippen LogP contribution in [0.5, 0.6) is 0 Å². The Morgan fingerprint density at radius 1 is 1.07 bits per heavy atom. The molecule has 1 amide bonds. The lowest BCUT2D eigenvalue weighted by molar-refractivity contribution is 0.0730. The number of morpholine rings is 1. The molecule has 3 rings (SSSR count). The van der Waals surface area contributed by atoms with Crippen molar-refractivity contribution in [3.05, 3.63) is 65.7 Å². The van der Waals surface area contributed by atoms with Gasteiger partial charge in [0.2, 0.25) is 10.0 Å². The van der Waals surface area contributed by atoms with Crippen LogP contribution < -0.4 is 5.32 Å². The lowest BCUT2D eigenvalue weighted by atomic mass is 10.0. The summed E-state index contributed by atoms with van der Waals surface area (Å²) in [6, 6.07) is 15.8. The highest BCUT2D eigenvalue weighted by atomic mass is 32.2. The minimum atomic E-state index is -3.55. The summed E-state index contributed by atoms with van der Waals surface area (Å²) < 4.78 is 31.9. The minimum absolute atomic E-state index is 0.0875. The highest BCUT2D eigenvalue weighted by Crippen LogP contribution is 2.19. The highest BCUT2D eigenvalue weighted by Gasteiger charge is 2.26. The zero-order chi connectivity index (χ0) is 19.3. The zero-order valence-electron chi connectivity index (χ0n) is 15.3. The van der Waals surface area contributed by atoms with E-state index in [1.807, 2.05) is 37.3 Å². The first-order chi connectivity index (χ1) is 13.0. The predicted octanol–water partition coefficient (Wildman–Crippen LogP) is 2.59. The molecular weight excluding hydrogens is 364 g/mol. The van der Waals surface area contributed by atoms with Crippen LogP contribution in [-0.4, -0.2) is 44.9 Å². The van der Waals surface area contributed by atoms with Gasteiger partial charge in [0, 0.05) is 18.7 Å². The lowest BCUT2D eigenvalue weighted by Crippen LogP contribution is -2.40. The average molecular weight is 388 g/mol. The van der Waals surface area contributed by atoms with Crippen molar-refractivity contribution in [2.75, 3.05) is 26.3 Å². The first-order valence-corrected chi connectivity index (χ1v) is 10.5. The number of hydrogen-bond donors (Lipinski definition) is 1. The smallest absolute Gasteiger partial charge is 0.251 e. The summed E-state index contributed by atoms with van der Waals surface area (Å²) in [5.74, 6) is -0.221. The number of rotatable bonds is 6. The summed E-state index contributed by atoms with van der Waals surface area (Å²) in [7, 11) is -3.55. The minimum Gasteiger partial charge on any atom is -0.379 e. The standard InChI is InChI=1S/C20H24N2O4S/c1-2-19(16-6-4-3-5-7-16)21-20(23)17-8-10-18(11-9-17)27(24,25)22-12-14-26-15-13-22/h3-11,19H,2,12-15H2,1H3,(H,21,23)/t19-/m0/s1. The number of carbonyl (C=O) groups excluding carboxylic acids is 1. The van der Waals surface area contributed by atoms with E-state index in [2.05, 4.69) is 5.32 Å². The normalized spacial score (nSPS) is 16.6. The second kappa shape index (κ2) is 8.65. The van der Waals surface area contributed by atoms with Gasteiger partial charge in [0.15, 0.2) is 0 Å². The van der Waals surface area contributed by atoms with E-state index in [9.17, 15) is 13.2 Å². The number of ether oxygens (including phenoxy) is 1. The highest BCUT2D eigenvalue weighted by molar-refractivity contribution is 7.89. The van der Waals surface area contributed by atoms with Crippen LogP contribution in [0.2, 0.25) is 0 Å². The van der Waals surface area contributed by atoms with Gasteiger partial charge in [0.25, 0.3) is 5.91 Å². The second-order valence-electron chi connectivity index (χ2n) is 6.39. The van der Waals surface area contributed by atoms with Gasteiger partial charge in [-0.15, -0.1) is 0 Å². The van der Waals surface area contributed by atoms with E-state index >= 15 is 0 Å². The van der Waals surface area contributed by atoms with Gasteiger partial charge >= 0.3 is 0 Å². The molecule has 7 heteroatoms. The third-order valence-electron chi connectivity index (χ3n) is 4.64. The molecule has 27 heavy (non-hydrogen) atoms. The quantitative estimate of drug-likeness (QED) is 0.825. The molecule has 0 saturated carbocycles. The van der Waals surface area contributed by atoms with Gasteiger partial charge in [-0.3, -0.25) is 4.79 Å². The number of carbonyl (C=O) groups is 1. The van der Waals surface area contributed by atoms with Crippen LogP contribution in [0.25, 0.3) is 0 Å². The molecule has 1 saturated heterocycles. The lowest BCUT2D eigenvalue weighted by Gasteiger charge is -2.26. The zero-order valence-corrected chi connectivity index (χ0v) is 16.1. The molecular formula is C20H24N2O4S. The molecule has 0 bridgehead atoms. The number of nitrogens with zero attached hydrogens (tertiary/aromatic N) is 1. The van der Waals surface area contributed by atoms with E-state index in [4.69, 9.17) is 4.74 Å². The fraction of sp³-hybridized carbons (Fsp3) is 0.350. The summed E-state index contributed by atoms with van der Waals surface area (Å²) in [6.45, 7) is 3.50. The first-order valence-electron chi connectivity index (χ1n) is 9.06. The van der Waals surface area contributed by atoms with Crippen LogP contribution in [0.1, 0.15) is 35.3 Å². The Bertz CT molecular complexity index is 861. The Balaban J connectivity index is 1.72. The molecule has 1 heterocycles. The molecule has 0 unspecified atom stereocenters. The van der Waals surface area contributed by atoms with E-state index in [-0.39, 0.29) is 16.8 Å². The molecule has 1 aliphatic rings. The van der Waals surface area contributed by atoms with Crippen molar-refractivity contribution in [1.82, 2.24) is 9.62 Å². The van der Waals surface area contributed by atoms with Crippen molar-refractivity contribution in [3.8, 4) is 0 Å². The van der Waals surface area contributed by atoms with Crippen molar-refractivity contribution < 1.29 is 17.9 Å². The molecule has 2 aromatic carbocycles. The van der Waals surface area contributed by atoms with Gasteiger partial charge < -0.3 is 10.1 Å². The maximum absolute atomic E-state index is 12.6. The molecule has 0 spiro atoms. The Kier molecular flexibility index (Phi) is 6.26. The van der Waals surface area contributed by atoms with E-state index in [1.54, 1.807) is 12.1 Å². The van der Waals surface area contributed by atoms with E-state index in [1.165, 1.54) is 16.4 Å². The largest absolute Gasteiger partial charge is 0.379 e. The number of benzene rings is 2. The maximum Gasteiger partial charge on any atom is 0.251 e. The van der Waals surface area contributed by atoms with Crippen LogP contribution in [0.15, 0.2) is 59.5 Å². The SMILES string of the molecule is CC[C@H](NC(=O)c1ccc(S(=O)(=O)N2CCOCC2)cc1)c1ccccc1. The van der Waals surface area contributed by atoms with E-state index < -0.39 is 10.0 Å². The van der Waals surface area contributed by atoms with Crippen molar-refractivity contribution >= 4 is 15.9 Å². The molecule has 1 N–H and O–H groups in total. The Labute approximate surface area is 160 Å². The molecule has 0 radical (unpaired) electrons. The Morgan fingerprint density at radius 3 is 2.30 bits per heavy atom. The Hall–Kier alpha value is -2.22. The third kappa shape index (κ3) is 4.55. The Morgan fingerprint density at radius 2 is 1.70 bits per heavy atom. The predicted molar refractivity (Wildman–Crippen MR) is 103 cm³/mol. The van der Waals surface area contributed by atoms with Crippen molar-refractivity contribution in [1.29, 1.82) is 0 Å². The summed E-state index contributed by atoms with van der Waals surface area (Å²) in [5, 5.41) is 3.01. The van der Waals surface area contributed by atoms with Crippen LogP contribution in [0.3, 0.4) is 0 Å². The molecule has 1 atom stereocenters. The van der Waals surface area contributed by atoms with Crippen LogP contribution in [-0.2, 0) is 14.8 Å². The van der Waals surface area contributed by atoms with Crippen LogP contribution >= 0.6 is 0 Å². The molecule has 1 aliphatic heterocycles. The fourth-order valence-corrected chi connectivity index (χ4v) is 4.47. The third-order valence-corrected chi connectivity index (χ3v) is 6.55. The summed E-state index contributed by atoms with van der Waals surface area (Å²) in [5.41, 5.74) is 1.48. The summed E-state index contributed by atoms with van der Waals surface area (Å²) in [4.78, 5) is 12.8. The molecule has 0 aliphatic carbocycles. The summed E-state index contributed by atoms with van der Waals surface area (Å²) >= 11 is 0. The number of sulfonamides is 1. The van der Waals surface area contributed by atoms with Gasteiger partial charge in [-0.1, -0.05) is 37.3 Å². The van der Waals surface area contributed by atoms with E-state index in [0.717, 1.165) is 12.0 Å². The van der Waals surface area contributed by atoms with Gasteiger partial charge in [-0.2, -0.15) is 4.31 Å². The van der Waals surface area contributed by atoms with Crippen LogP contribution in [0.4, 0.5) is 0 Å². The first kappa shape index (κ1) is 19.5. The van der Waals surface area contributed by atoms with Crippen LogP contribution in [0, 0.1) is 0 Å². The summed E-state index contributed by atoms with van der Waals surface area (Å²) in [6.07, 6.45) is 0.763.